The number of amides is 1. The van der Waals surface area contributed by atoms with Gasteiger partial charge in [-0.1, -0.05) is 19.9 Å². The van der Waals surface area contributed by atoms with Crippen molar-refractivity contribution in [3.05, 3.63) is 24.3 Å². The molecule has 0 spiro atoms. The minimum atomic E-state index is 0.103. The first-order chi connectivity index (χ1) is 9.99. The molecule has 0 aliphatic heterocycles. The van der Waals surface area contributed by atoms with Crippen molar-refractivity contribution in [3.8, 4) is 5.75 Å². The van der Waals surface area contributed by atoms with Crippen molar-refractivity contribution in [2.75, 3.05) is 18.0 Å². The molecule has 0 bridgehead atoms. The summed E-state index contributed by atoms with van der Waals surface area (Å²) in [5, 5.41) is 9.55. The Morgan fingerprint density at radius 1 is 1.33 bits per heavy atom. The van der Waals surface area contributed by atoms with E-state index in [4.69, 9.17) is 5.73 Å². The molecule has 4 heteroatoms. The summed E-state index contributed by atoms with van der Waals surface area (Å²) in [5.41, 5.74) is 6.40. The number of anilines is 1. The number of nitrogens with two attached hydrogens (primary N) is 1. The maximum absolute atomic E-state index is 12.4. The van der Waals surface area contributed by atoms with E-state index in [1.54, 1.807) is 23.1 Å². The number of rotatable bonds is 8. The summed E-state index contributed by atoms with van der Waals surface area (Å²) in [4.78, 5) is 14.2. The second-order valence-electron chi connectivity index (χ2n) is 5.78. The second-order valence-corrected chi connectivity index (χ2v) is 5.78. The van der Waals surface area contributed by atoms with Gasteiger partial charge in [-0.3, -0.25) is 4.79 Å². The number of hydrogen-bond acceptors (Lipinski definition) is 3. The highest BCUT2D eigenvalue weighted by Gasteiger charge is 2.18. The SMILES string of the molecule is CCN(C(=O)CCC(CCN)C(C)C)c1cccc(O)c1. The van der Waals surface area contributed by atoms with Crippen LogP contribution in [0.5, 0.6) is 5.75 Å². The standard InChI is InChI=1S/C17H28N2O2/c1-4-19(15-6-5-7-16(20)12-15)17(21)9-8-14(10-11-18)13(2)3/h5-7,12-14,20H,4,8-11,18H2,1-3H3. The van der Waals surface area contributed by atoms with Crippen LogP contribution in [0.15, 0.2) is 24.3 Å². The van der Waals surface area contributed by atoms with Crippen LogP contribution in [-0.4, -0.2) is 24.1 Å². The minimum Gasteiger partial charge on any atom is -0.508 e. The number of carbonyl (C=O) groups excluding carboxylic acids is 1. The largest absolute Gasteiger partial charge is 0.508 e. The van der Waals surface area contributed by atoms with Gasteiger partial charge in [-0.05, 0) is 50.3 Å². The average molecular weight is 292 g/mol. The van der Waals surface area contributed by atoms with Crippen LogP contribution in [0, 0.1) is 11.8 Å². The highest BCUT2D eigenvalue weighted by molar-refractivity contribution is 5.93. The monoisotopic (exact) mass is 292 g/mol. The number of benzene rings is 1. The normalized spacial score (nSPS) is 12.4. The van der Waals surface area contributed by atoms with Gasteiger partial charge >= 0.3 is 0 Å². The molecular formula is C17H28N2O2. The Kier molecular flexibility index (Phi) is 7.23. The van der Waals surface area contributed by atoms with Crippen molar-refractivity contribution in [2.24, 2.45) is 17.6 Å². The third-order valence-corrected chi connectivity index (χ3v) is 3.97. The molecule has 0 saturated carbocycles. The summed E-state index contributed by atoms with van der Waals surface area (Å²) in [7, 11) is 0. The molecule has 0 heterocycles. The van der Waals surface area contributed by atoms with E-state index in [0.717, 1.165) is 18.5 Å². The smallest absolute Gasteiger partial charge is 0.226 e. The van der Waals surface area contributed by atoms with E-state index in [9.17, 15) is 9.90 Å². The summed E-state index contributed by atoms with van der Waals surface area (Å²) in [6.45, 7) is 7.57. The molecule has 0 saturated heterocycles. The van der Waals surface area contributed by atoms with Gasteiger partial charge in [0.15, 0.2) is 0 Å². The molecule has 0 fully saturated rings. The van der Waals surface area contributed by atoms with Gasteiger partial charge in [0.1, 0.15) is 5.75 Å². The van der Waals surface area contributed by atoms with Gasteiger partial charge in [0.2, 0.25) is 5.91 Å². The molecule has 1 atom stereocenters. The topological polar surface area (TPSA) is 66.6 Å². The van der Waals surface area contributed by atoms with Gasteiger partial charge in [-0.2, -0.15) is 0 Å². The van der Waals surface area contributed by atoms with Crippen LogP contribution in [-0.2, 0) is 4.79 Å². The summed E-state index contributed by atoms with van der Waals surface area (Å²) in [6, 6.07) is 6.84. The fraction of sp³-hybridized carbons (Fsp3) is 0.588. The zero-order chi connectivity index (χ0) is 15.8. The lowest BCUT2D eigenvalue weighted by Crippen LogP contribution is -2.31. The summed E-state index contributed by atoms with van der Waals surface area (Å²) >= 11 is 0. The number of nitrogens with zero attached hydrogens (tertiary/aromatic N) is 1. The fourth-order valence-electron chi connectivity index (χ4n) is 2.63. The van der Waals surface area contributed by atoms with Gasteiger partial charge in [0.05, 0.1) is 0 Å². The number of hydrogen-bond donors (Lipinski definition) is 2. The van der Waals surface area contributed by atoms with Crippen molar-refractivity contribution in [3.63, 3.8) is 0 Å². The van der Waals surface area contributed by atoms with E-state index in [1.165, 1.54) is 0 Å². The molecule has 1 unspecified atom stereocenters. The maximum Gasteiger partial charge on any atom is 0.226 e. The molecule has 0 aromatic heterocycles. The van der Waals surface area contributed by atoms with E-state index in [1.807, 2.05) is 13.0 Å². The van der Waals surface area contributed by atoms with Gasteiger partial charge in [0, 0.05) is 24.7 Å². The highest BCUT2D eigenvalue weighted by Crippen LogP contribution is 2.24. The van der Waals surface area contributed by atoms with E-state index < -0.39 is 0 Å². The van der Waals surface area contributed by atoms with E-state index in [-0.39, 0.29) is 11.7 Å². The lowest BCUT2D eigenvalue weighted by atomic mass is 9.88. The number of aromatic hydroxyl groups is 1. The van der Waals surface area contributed by atoms with E-state index in [2.05, 4.69) is 13.8 Å². The number of carbonyl (C=O) groups is 1. The molecule has 1 aromatic rings. The first kappa shape index (κ1) is 17.5. The van der Waals surface area contributed by atoms with Crippen molar-refractivity contribution in [2.45, 2.75) is 40.0 Å². The zero-order valence-electron chi connectivity index (χ0n) is 13.4. The molecule has 0 aliphatic rings. The lowest BCUT2D eigenvalue weighted by molar-refractivity contribution is -0.118. The molecule has 0 aliphatic carbocycles. The van der Waals surface area contributed by atoms with Crippen LogP contribution in [0.3, 0.4) is 0 Å². The van der Waals surface area contributed by atoms with Crippen LogP contribution in [0.1, 0.15) is 40.0 Å². The molecule has 1 aromatic carbocycles. The zero-order valence-corrected chi connectivity index (χ0v) is 13.4. The summed E-state index contributed by atoms with van der Waals surface area (Å²) in [6.07, 6.45) is 2.35. The predicted octanol–water partition coefficient (Wildman–Crippen LogP) is 3.15. The highest BCUT2D eigenvalue weighted by atomic mass is 16.3. The second kappa shape index (κ2) is 8.67. The van der Waals surface area contributed by atoms with E-state index in [0.29, 0.717) is 31.3 Å². The van der Waals surface area contributed by atoms with Crippen molar-refractivity contribution >= 4 is 11.6 Å². The summed E-state index contributed by atoms with van der Waals surface area (Å²) < 4.78 is 0. The van der Waals surface area contributed by atoms with Crippen LogP contribution in [0.25, 0.3) is 0 Å². The van der Waals surface area contributed by atoms with Crippen molar-refractivity contribution in [1.29, 1.82) is 0 Å². The third-order valence-electron chi connectivity index (χ3n) is 3.97. The Morgan fingerprint density at radius 3 is 2.57 bits per heavy atom. The van der Waals surface area contributed by atoms with Crippen LogP contribution in [0.2, 0.25) is 0 Å². The van der Waals surface area contributed by atoms with Crippen molar-refractivity contribution in [1.82, 2.24) is 0 Å². The first-order valence-corrected chi connectivity index (χ1v) is 7.79. The van der Waals surface area contributed by atoms with Crippen LogP contribution >= 0.6 is 0 Å². The van der Waals surface area contributed by atoms with Gasteiger partial charge < -0.3 is 15.7 Å². The predicted molar refractivity (Wildman–Crippen MR) is 87.4 cm³/mol. The van der Waals surface area contributed by atoms with Gasteiger partial charge in [-0.15, -0.1) is 0 Å². The Hall–Kier alpha value is -1.55. The molecule has 21 heavy (non-hydrogen) atoms. The van der Waals surface area contributed by atoms with E-state index >= 15 is 0 Å². The Bertz CT molecular complexity index is 446. The maximum atomic E-state index is 12.4. The molecule has 3 N–H and O–H groups in total. The molecule has 0 radical (unpaired) electrons. The summed E-state index contributed by atoms with van der Waals surface area (Å²) in [5.74, 6) is 1.31. The number of phenols is 1. The molecule has 118 valence electrons. The molecule has 4 nitrogen and oxygen atoms in total. The Labute approximate surface area is 128 Å². The van der Waals surface area contributed by atoms with Crippen LogP contribution < -0.4 is 10.6 Å². The average Bonchev–Trinajstić information content (AvgIpc) is 2.44. The quantitative estimate of drug-likeness (QED) is 0.773. The van der Waals surface area contributed by atoms with Gasteiger partial charge in [0.25, 0.3) is 0 Å². The van der Waals surface area contributed by atoms with Crippen LogP contribution in [0.4, 0.5) is 5.69 Å². The molecular weight excluding hydrogens is 264 g/mol. The lowest BCUT2D eigenvalue weighted by Gasteiger charge is -2.24. The molecule has 1 rings (SSSR count). The Morgan fingerprint density at radius 2 is 2.05 bits per heavy atom. The van der Waals surface area contributed by atoms with Crippen molar-refractivity contribution < 1.29 is 9.90 Å². The number of phenolic OH excluding ortho intramolecular Hbond substituents is 1. The third kappa shape index (κ3) is 5.38. The Balaban J connectivity index is 2.67. The molecule has 1 amide bonds. The van der Waals surface area contributed by atoms with Gasteiger partial charge in [-0.25, -0.2) is 0 Å². The fourth-order valence-corrected chi connectivity index (χ4v) is 2.63. The minimum absolute atomic E-state index is 0.103. The first-order valence-electron chi connectivity index (χ1n) is 7.79.